The fourth-order valence-electron chi connectivity index (χ4n) is 2.21. The summed E-state index contributed by atoms with van der Waals surface area (Å²) in [6.45, 7) is 0.463. The summed E-state index contributed by atoms with van der Waals surface area (Å²) in [7, 11) is 1.72. The van der Waals surface area contributed by atoms with E-state index in [0.717, 1.165) is 17.3 Å². The van der Waals surface area contributed by atoms with Crippen LogP contribution in [0.15, 0.2) is 58.2 Å². The second-order valence-corrected chi connectivity index (χ2v) is 6.91. The maximum absolute atomic E-state index is 13.0. The molecule has 0 unspecified atom stereocenters. The van der Waals surface area contributed by atoms with Crippen molar-refractivity contribution in [3.05, 3.63) is 64.9 Å². The molecule has 8 heteroatoms. The number of benzene rings is 2. The number of carbonyl (C=O) groups is 1. The molecule has 0 N–H and O–H groups in total. The van der Waals surface area contributed by atoms with E-state index in [4.69, 9.17) is 16.0 Å². The zero-order valence-corrected chi connectivity index (χ0v) is 15.4. The average Bonchev–Trinajstić information content (AvgIpc) is 3.09. The number of rotatable bonds is 6. The second-order valence-electron chi connectivity index (χ2n) is 5.55. The molecule has 1 amide bonds. The first-order chi connectivity index (χ1) is 12.5. The lowest BCUT2D eigenvalue weighted by molar-refractivity contribution is -0.127. The molecule has 0 fully saturated rings. The lowest BCUT2D eigenvalue weighted by atomic mass is 10.2. The number of amides is 1. The Bertz CT molecular complexity index is 901. The fourth-order valence-corrected chi connectivity index (χ4v) is 3.12. The van der Waals surface area contributed by atoms with Gasteiger partial charge in [0.2, 0.25) is 11.8 Å². The normalized spacial score (nSPS) is 10.7. The van der Waals surface area contributed by atoms with Crippen LogP contribution in [0.2, 0.25) is 5.02 Å². The molecule has 0 aliphatic rings. The van der Waals surface area contributed by atoms with Crippen molar-refractivity contribution in [1.29, 1.82) is 0 Å². The van der Waals surface area contributed by atoms with Gasteiger partial charge in [-0.15, -0.1) is 10.2 Å². The molecule has 3 aromatic rings. The number of halogens is 2. The van der Waals surface area contributed by atoms with Gasteiger partial charge in [0.05, 0.1) is 5.75 Å². The highest BCUT2D eigenvalue weighted by atomic mass is 35.5. The summed E-state index contributed by atoms with van der Waals surface area (Å²) >= 11 is 7.11. The Labute approximate surface area is 159 Å². The SMILES string of the molecule is CN(Cc1cccc(Cl)c1)C(=O)CSc1nnc(-c2ccc(F)cc2)o1. The summed E-state index contributed by atoms with van der Waals surface area (Å²) < 4.78 is 18.5. The van der Waals surface area contributed by atoms with Crippen LogP contribution in [0.4, 0.5) is 4.39 Å². The molecule has 1 aromatic heterocycles. The van der Waals surface area contributed by atoms with Crippen LogP contribution in [0, 0.1) is 5.82 Å². The van der Waals surface area contributed by atoms with E-state index >= 15 is 0 Å². The Morgan fingerprint density at radius 2 is 2.00 bits per heavy atom. The Morgan fingerprint density at radius 1 is 1.23 bits per heavy atom. The molecule has 0 spiro atoms. The van der Waals surface area contributed by atoms with Crippen LogP contribution in [0.3, 0.4) is 0 Å². The van der Waals surface area contributed by atoms with E-state index < -0.39 is 0 Å². The Hall–Kier alpha value is -2.38. The van der Waals surface area contributed by atoms with Crippen LogP contribution in [0.5, 0.6) is 0 Å². The number of hydrogen-bond donors (Lipinski definition) is 0. The molecule has 0 radical (unpaired) electrons. The average molecular weight is 392 g/mol. The number of hydrogen-bond acceptors (Lipinski definition) is 5. The summed E-state index contributed by atoms with van der Waals surface area (Å²) in [6.07, 6.45) is 0. The molecule has 0 bridgehead atoms. The molecule has 5 nitrogen and oxygen atoms in total. The van der Waals surface area contributed by atoms with E-state index in [1.807, 2.05) is 18.2 Å². The topological polar surface area (TPSA) is 59.2 Å². The highest BCUT2D eigenvalue weighted by Crippen LogP contribution is 2.23. The van der Waals surface area contributed by atoms with Gasteiger partial charge in [-0.05, 0) is 42.0 Å². The first kappa shape index (κ1) is 18.4. The molecular weight excluding hydrogens is 377 g/mol. The third-order valence-electron chi connectivity index (χ3n) is 3.55. The van der Waals surface area contributed by atoms with E-state index in [0.29, 0.717) is 17.1 Å². The van der Waals surface area contributed by atoms with E-state index in [-0.39, 0.29) is 28.6 Å². The van der Waals surface area contributed by atoms with Crippen molar-refractivity contribution < 1.29 is 13.6 Å². The highest BCUT2D eigenvalue weighted by molar-refractivity contribution is 7.99. The zero-order valence-electron chi connectivity index (χ0n) is 13.9. The van der Waals surface area contributed by atoms with Gasteiger partial charge in [-0.3, -0.25) is 4.79 Å². The van der Waals surface area contributed by atoms with Crippen LogP contribution < -0.4 is 0 Å². The molecule has 0 atom stereocenters. The van der Waals surface area contributed by atoms with Crippen molar-refractivity contribution >= 4 is 29.3 Å². The van der Waals surface area contributed by atoms with Gasteiger partial charge in [0.25, 0.3) is 5.22 Å². The first-order valence-corrected chi connectivity index (χ1v) is 9.08. The summed E-state index contributed by atoms with van der Waals surface area (Å²) in [5.74, 6) is 0.0437. The molecular formula is C18H15ClFN3O2S. The van der Waals surface area contributed by atoms with Crippen LogP contribution in [-0.2, 0) is 11.3 Å². The fraction of sp³-hybridized carbons (Fsp3) is 0.167. The maximum Gasteiger partial charge on any atom is 0.277 e. The number of thioether (sulfide) groups is 1. The van der Waals surface area contributed by atoms with Crippen molar-refractivity contribution in [2.75, 3.05) is 12.8 Å². The molecule has 0 aliphatic heterocycles. The Balaban J connectivity index is 1.55. The van der Waals surface area contributed by atoms with Gasteiger partial charge >= 0.3 is 0 Å². The van der Waals surface area contributed by atoms with Gasteiger partial charge in [-0.25, -0.2) is 4.39 Å². The van der Waals surface area contributed by atoms with Crippen LogP contribution >= 0.6 is 23.4 Å². The summed E-state index contributed by atoms with van der Waals surface area (Å²) in [5, 5.41) is 8.75. The van der Waals surface area contributed by atoms with E-state index in [9.17, 15) is 9.18 Å². The Kier molecular flexibility index (Phi) is 5.90. The monoisotopic (exact) mass is 391 g/mol. The molecule has 134 valence electrons. The van der Waals surface area contributed by atoms with E-state index in [2.05, 4.69) is 10.2 Å². The van der Waals surface area contributed by atoms with Gasteiger partial charge in [0.1, 0.15) is 5.82 Å². The van der Waals surface area contributed by atoms with Crippen molar-refractivity contribution in [1.82, 2.24) is 15.1 Å². The minimum atomic E-state index is -0.337. The van der Waals surface area contributed by atoms with E-state index in [1.165, 1.54) is 12.1 Å². The maximum atomic E-state index is 13.0. The third-order valence-corrected chi connectivity index (χ3v) is 4.59. The first-order valence-electron chi connectivity index (χ1n) is 7.72. The van der Waals surface area contributed by atoms with Crippen molar-refractivity contribution in [2.24, 2.45) is 0 Å². The molecule has 2 aromatic carbocycles. The van der Waals surface area contributed by atoms with Crippen LogP contribution in [-0.4, -0.2) is 33.8 Å². The van der Waals surface area contributed by atoms with E-state index in [1.54, 1.807) is 30.1 Å². The largest absolute Gasteiger partial charge is 0.411 e. The molecule has 0 saturated heterocycles. The minimum absolute atomic E-state index is 0.0727. The number of nitrogens with zero attached hydrogens (tertiary/aromatic N) is 3. The van der Waals surface area contributed by atoms with Gasteiger partial charge in [0.15, 0.2) is 0 Å². The standard InChI is InChI=1S/C18H15ClFN3O2S/c1-23(10-12-3-2-4-14(19)9-12)16(24)11-26-18-22-21-17(25-18)13-5-7-15(20)8-6-13/h2-9H,10-11H2,1H3. The molecule has 26 heavy (non-hydrogen) atoms. The molecule has 1 heterocycles. The van der Waals surface area contributed by atoms with Crippen molar-refractivity contribution in [3.63, 3.8) is 0 Å². The predicted octanol–water partition coefficient (Wildman–Crippen LogP) is 4.28. The van der Waals surface area contributed by atoms with Gasteiger partial charge in [0, 0.05) is 24.2 Å². The number of carbonyl (C=O) groups excluding carboxylic acids is 1. The van der Waals surface area contributed by atoms with Crippen LogP contribution in [0.25, 0.3) is 11.5 Å². The van der Waals surface area contributed by atoms with Gasteiger partial charge in [-0.2, -0.15) is 0 Å². The third kappa shape index (κ3) is 4.83. The summed E-state index contributed by atoms with van der Waals surface area (Å²) in [5.41, 5.74) is 1.57. The molecule has 3 rings (SSSR count). The van der Waals surface area contributed by atoms with Gasteiger partial charge in [-0.1, -0.05) is 35.5 Å². The second kappa shape index (κ2) is 8.33. The lowest BCUT2D eigenvalue weighted by Gasteiger charge is -2.16. The Morgan fingerprint density at radius 3 is 2.73 bits per heavy atom. The predicted molar refractivity (Wildman–Crippen MR) is 98.3 cm³/mol. The van der Waals surface area contributed by atoms with Crippen LogP contribution in [0.1, 0.15) is 5.56 Å². The summed E-state index contributed by atoms with van der Waals surface area (Å²) in [6, 6.07) is 13.1. The van der Waals surface area contributed by atoms with Crippen molar-refractivity contribution in [2.45, 2.75) is 11.8 Å². The highest BCUT2D eigenvalue weighted by Gasteiger charge is 2.14. The quantitative estimate of drug-likeness (QED) is 0.587. The molecule has 0 aliphatic carbocycles. The summed E-state index contributed by atoms with van der Waals surface area (Å²) in [4.78, 5) is 13.9. The van der Waals surface area contributed by atoms with Crippen molar-refractivity contribution in [3.8, 4) is 11.5 Å². The van der Waals surface area contributed by atoms with Gasteiger partial charge < -0.3 is 9.32 Å². The smallest absolute Gasteiger partial charge is 0.277 e. The zero-order chi connectivity index (χ0) is 18.5. The minimum Gasteiger partial charge on any atom is -0.411 e. The lowest BCUT2D eigenvalue weighted by Crippen LogP contribution is -2.27. The molecule has 0 saturated carbocycles. The number of aromatic nitrogens is 2.